The second-order valence-electron chi connectivity index (χ2n) is 4.08. The van der Waals surface area contributed by atoms with Crippen molar-refractivity contribution in [3.8, 4) is 17.6 Å². The normalized spacial score (nSPS) is 10.0. The summed E-state index contributed by atoms with van der Waals surface area (Å²) in [5, 5.41) is 9.66. The molecule has 0 unspecified atom stereocenters. The maximum atomic E-state index is 8.94. The van der Waals surface area contributed by atoms with Gasteiger partial charge in [-0.05, 0) is 36.8 Å². The van der Waals surface area contributed by atoms with Crippen LogP contribution in [-0.4, -0.2) is 0 Å². The molecule has 19 heavy (non-hydrogen) atoms. The van der Waals surface area contributed by atoms with E-state index in [4.69, 9.17) is 10.00 Å². The van der Waals surface area contributed by atoms with Crippen molar-refractivity contribution < 1.29 is 4.74 Å². The minimum Gasteiger partial charge on any atom is -0.457 e. The second-order valence-corrected chi connectivity index (χ2v) is 5.56. The molecule has 0 heterocycles. The fourth-order valence-corrected chi connectivity index (χ4v) is 2.44. The smallest absolute Gasteiger partial charge is 0.132 e. The first-order chi connectivity index (χ1) is 9.13. The minimum atomic E-state index is 0.594. The van der Waals surface area contributed by atoms with Crippen LogP contribution in [0.15, 0.2) is 40.9 Å². The van der Waals surface area contributed by atoms with Crippen molar-refractivity contribution in [2.24, 2.45) is 0 Å². The molecule has 96 valence electrons. The first kappa shape index (κ1) is 14.1. The summed E-state index contributed by atoms with van der Waals surface area (Å²) in [5.74, 6) is 1.49. The number of hydrogen-bond acceptors (Lipinski definition) is 2. The molecule has 0 aliphatic carbocycles. The van der Waals surface area contributed by atoms with Crippen LogP contribution in [0, 0.1) is 18.3 Å². The first-order valence-corrected chi connectivity index (χ1v) is 7.58. The van der Waals surface area contributed by atoms with Gasteiger partial charge in [-0.1, -0.05) is 44.0 Å². The molecule has 0 aliphatic heterocycles. The molecule has 0 aliphatic rings. The third kappa shape index (κ3) is 3.37. The Kier molecular flexibility index (Phi) is 4.62. The standard InChI is InChI=1S/C15H11Br2NO/c1-10-2-3-11(9-18)6-14(10)19-15-7-13(17)5-4-12(15)8-16/h2-7H,8H2,1H3. The highest BCUT2D eigenvalue weighted by Gasteiger charge is 2.08. The fraction of sp³-hybridized carbons (Fsp3) is 0.133. The Hall–Kier alpha value is -1.31. The average Bonchev–Trinajstić information content (AvgIpc) is 2.41. The number of rotatable bonds is 3. The summed E-state index contributed by atoms with van der Waals surface area (Å²) in [6, 6.07) is 13.5. The number of nitrogens with zero attached hydrogens (tertiary/aromatic N) is 1. The molecule has 0 radical (unpaired) electrons. The summed E-state index contributed by atoms with van der Waals surface area (Å²) >= 11 is 6.88. The van der Waals surface area contributed by atoms with Crippen LogP contribution in [0.3, 0.4) is 0 Å². The van der Waals surface area contributed by atoms with Gasteiger partial charge in [0.25, 0.3) is 0 Å². The molecular weight excluding hydrogens is 370 g/mol. The van der Waals surface area contributed by atoms with Crippen molar-refractivity contribution in [1.82, 2.24) is 0 Å². The van der Waals surface area contributed by atoms with Gasteiger partial charge in [-0.25, -0.2) is 0 Å². The van der Waals surface area contributed by atoms with Crippen LogP contribution >= 0.6 is 31.9 Å². The van der Waals surface area contributed by atoms with Gasteiger partial charge in [0.15, 0.2) is 0 Å². The van der Waals surface area contributed by atoms with Gasteiger partial charge in [0.05, 0.1) is 11.6 Å². The summed E-state index contributed by atoms with van der Waals surface area (Å²) in [7, 11) is 0. The Bertz CT molecular complexity index is 647. The van der Waals surface area contributed by atoms with Crippen LogP contribution in [-0.2, 0) is 5.33 Å². The van der Waals surface area contributed by atoms with Gasteiger partial charge in [-0.15, -0.1) is 0 Å². The summed E-state index contributed by atoms with van der Waals surface area (Å²) in [5.41, 5.74) is 2.65. The lowest BCUT2D eigenvalue weighted by Gasteiger charge is -2.12. The summed E-state index contributed by atoms with van der Waals surface area (Å²) in [6.45, 7) is 1.96. The van der Waals surface area contributed by atoms with Crippen molar-refractivity contribution in [1.29, 1.82) is 5.26 Å². The average molecular weight is 381 g/mol. The number of hydrogen-bond donors (Lipinski definition) is 0. The van der Waals surface area contributed by atoms with Crippen LogP contribution in [0.1, 0.15) is 16.7 Å². The number of halogens is 2. The molecular formula is C15H11Br2NO. The van der Waals surface area contributed by atoms with Gasteiger partial charge in [0, 0.05) is 15.4 Å². The van der Waals surface area contributed by atoms with Gasteiger partial charge >= 0.3 is 0 Å². The minimum absolute atomic E-state index is 0.594. The Labute approximate surface area is 129 Å². The van der Waals surface area contributed by atoms with Gasteiger partial charge in [0.1, 0.15) is 11.5 Å². The van der Waals surface area contributed by atoms with E-state index in [-0.39, 0.29) is 0 Å². The number of nitriles is 1. The van der Waals surface area contributed by atoms with Crippen molar-refractivity contribution >= 4 is 31.9 Å². The van der Waals surface area contributed by atoms with E-state index in [0.717, 1.165) is 21.3 Å². The highest BCUT2D eigenvalue weighted by atomic mass is 79.9. The number of benzene rings is 2. The van der Waals surface area contributed by atoms with Crippen molar-refractivity contribution in [3.63, 3.8) is 0 Å². The molecule has 0 saturated heterocycles. The van der Waals surface area contributed by atoms with E-state index >= 15 is 0 Å². The van der Waals surface area contributed by atoms with Gasteiger partial charge < -0.3 is 4.74 Å². The van der Waals surface area contributed by atoms with E-state index in [1.54, 1.807) is 12.1 Å². The van der Waals surface area contributed by atoms with Crippen LogP contribution in [0.5, 0.6) is 11.5 Å². The van der Waals surface area contributed by atoms with Crippen molar-refractivity contribution in [3.05, 3.63) is 57.6 Å². The van der Waals surface area contributed by atoms with E-state index < -0.39 is 0 Å². The number of aryl methyl sites for hydroxylation is 1. The Morgan fingerprint density at radius 2 is 1.95 bits per heavy atom. The van der Waals surface area contributed by atoms with Crippen LogP contribution in [0.4, 0.5) is 0 Å². The zero-order valence-electron chi connectivity index (χ0n) is 10.3. The van der Waals surface area contributed by atoms with Gasteiger partial charge in [-0.2, -0.15) is 5.26 Å². The van der Waals surface area contributed by atoms with Crippen LogP contribution in [0.2, 0.25) is 0 Å². The molecule has 2 aromatic rings. The lowest BCUT2D eigenvalue weighted by molar-refractivity contribution is 0.474. The Balaban J connectivity index is 2.41. The Morgan fingerprint density at radius 1 is 1.16 bits per heavy atom. The third-order valence-electron chi connectivity index (χ3n) is 2.71. The molecule has 0 saturated carbocycles. The van der Waals surface area contributed by atoms with E-state index in [9.17, 15) is 0 Å². The molecule has 2 aromatic carbocycles. The lowest BCUT2D eigenvalue weighted by Crippen LogP contribution is -1.92. The van der Waals surface area contributed by atoms with Gasteiger partial charge in [0.2, 0.25) is 0 Å². The Morgan fingerprint density at radius 3 is 2.63 bits per heavy atom. The molecule has 0 spiro atoms. The highest BCUT2D eigenvalue weighted by molar-refractivity contribution is 9.10. The number of alkyl halides is 1. The zero-order valence-corrected chi connectivity index (χ0v) is 13.5. The fourth-order valence-electron chi connectivity index (χ4n) is 1.63. The zero-order chi connectivity index (χ0) is 13.8. The first-order valence-electron chi connectivity index (χ1n) is 5.67. The van der Waals surface area contributed by atoms with E-state index in [2.05, 4.69) is 37.9 Å². The largest absolute Gasteiger partial charge is 0.457 e. The molecule has 0 amide bonds. The second kappa shape index (κ2) is 6.23. The van der Waals surface area contributed by atoms with E-state index in [0.29, 0.717) is 16.6 Å². The monoisotopic (exact) mass is 379 g/mol. The topological polar surface area (TPSA) is 33.0 Å². The quantitative estimate of drug-likeness (QED) is 0.675. The van der Waals surface area contributed by atoms with Crippen LogP contribution < -0.4 is 4.74 Å². The third-order valence-corrected chi connectivity index (χ3v) is 3.81. The summed E-state index contributed by atoms with van der Waals surface area (Å²) in [6.07, 6.45) is 0. The molecule has 2 rings (SSSR count). The molecule has 0 fully saturated rings. The molecule has 2 nitrogen and oxygen atoms in total. The summed E-state index contributed by atoms with van der Waals surface area (Å²) < 4.78 is 6.90. The number of ether oxygens (including phenoxy) is 1. The molecule has 0 atom stereocenters. The maximum Gasteiger partial charge on any atom is 0.132 e. The summed E-state index contributed by atoms with van der Waals surface area (Å²) in [4.78, 5) is 0. The van der Waals surface area contributed by atoms with E-state index in [1.807, 2.05) is 31.2 Å². The molecule has 0 N–H and O–H groups in total. The molecule has 0 aromatic heterocycles. The highest BCUT2D eigenvalue weighted by Crippen LogP contribution is 2.32. The van der Waals surface area contributed by atoms with Crippen molar-refractivity contribution in [2.75, 3.05) is 0 Å². The van der Waals surface area contributed by atoms with Gasteiger partial charge in [-0.3, -0.25) is 0 Å². The SMILES string of the molecule is Cc1ccc(C#N)cc1Oc1cc(Br)ccc1CBr. The molecule has 4 heteroatoms. The predicted molar refractivity (Wildman–Crippen MR) is 82.7 cm³/mol. The van der Waals surface area contributed by atoms with E-state index in [1.165, 1.54) is 0 Å². The predicted octanol–water partition coefficient (Wildman–Crippen LogP) is 5.32. The van der Waals surface area contributed by atoms with Crippen molar-refractivity contribution in [2.45, 2.75) is 12.3 Å². The van der Waals surface area contributed by atoms with Crippen LogP contribution in [0.25, 0.3) is 0 Å². The molecule has 0 bridgehead atoms. The maximum absolute atomic E-state index is 8.94. The lowest BCUT2D eigenvalue weighted by atomic mass is 10.1.